The Morgan fingerprint density at radius 3 is 2.18 bits per heavy atom. The van der Waals surface area contributed by atoms with Gasteiger partial charge in [-0.1, -0.05) is 36.5 Å². The summed E-state index contributed by atoms with van der Waals surface area (Å²) in [5, 5.41) is 0. The first kappa shape index (κ1) is 7.79. The molecule has 0 unspecified atom stereocenters. The van der Waals surface area contributed by atoms with Gasteiger partial charge in [0.05, 0.1) is 13.0 Å². The second kappa shape index (κ2) is 3.76. The Kier molecular flexibility index (Phi) is 2.66. The third kappa shape index (κ3) is 2.08. The average Bonchev–Trinajstić information content (AvgIpc) is 2.30. The van der Waals surface area contributed by atoms with Gasteiger partial charge in [0.25, 0.3) is 0 Å². The molecule has 0 aromatic rings. The average molecular weight is 150 g/mol. The molecule has 0 N–H and O–H groups in total. The lowest BCUT2D eigenvalue weighted by molar-refractivity contribution is -0.142. The van der Waals surface area contributed by atoms with Crippen molar-refractivity contribution in [2.24, 2.45) is 5.92 Å². The van der Waals surface area contributed by atoms with Gasteiger partial charge in [-0.3, -0.25) is 4.79 Å². The molecular formula is C9H10O2. The van der Waals surface area contributed by atoms with E-state index in [2.05, 4.69) is 4.74 Å². The van der Waals surface area contributed by atoms with Crippen molar-refractivity contribution in [3.8, 4) is 0 Å². The maximum Gasteiger partial charge on any atom is 0.316 e. The zero-order valence-corrected chi connectivity index (χ0v) is 6.36. The highest BCUT2D eigenvalue weighted by molar-refractivity contribution is 5.76. The Morgan fingerprint density at radius 2 is 1.73 bits per heavy atom. The zero-order chi connectivity index (χ0) is 8.10. The molecule has 0 bridgehead atoms. The van der Waals surface area contributed by atoms with Crippen LogP contribution in [0.15, 0.2) is 36.5 Å². The molecule has 1 aliphatic carbocycles. The van der Waals surface area contributed by atoms with Crippen LogP contribution >= 0.6 is 0 Å². The molecule has 0 aromatic heterocycles. The molecule has 1 rings (SSSR count). The van der Waals surface area contributed by atoms with E-state index < -0.39 is 0 Å². The van der Waals surface area contributed by atoms with E-state index in [1.807, 2.05) is 24.3 Å². The van der Waals surface area contributed by atoms with Crippen LogP contribution in [0.1, 0.15) is 0 Å². The summed E-state index contributed by atoms with van der Waals surface area (Å²) in [6.07, 6.45) is 11.0. The summed E-state index contributed by atoms with van der Waals surface area (Å²) in [6, 6.07) is 0. The van der Waals surface area contributed by atoms with Crippen molar-refractivity contribution in [2.75, 3.05) is 7.11 Å². The fourth-order valence-corrected chi connectivity index (χ4v) is 0.853. The number of carbonyl (C=O) groups excluding carboxylic acids is 1. The molecule has 0 saturated heterocycles. The van der Waals surface area contributed by atoms with Crippen LogP contribution in [-0.4, -0.2) is 13.1 Å². The molecule has 0 fully saturated rings. The minimum Gasteiger partial charge on any atom is -0.468 e. The molecular weight excluding hydrogens is 140 g/mol. The molecule has 1 aliphatic rings. The van der Waals surface area contributed by atoms with Crippen LogP contribution in [0.2, 0.25) is 0 Å². The van der Waals surface area contributed by atoms with Gasteiger partial charge in [0.2, 0.25) is 0 Å². The fraction of sp³-hybridized carbons (Fsp3) is 0.222. The number of methoxy groups -OCH3 is 1. The van der Waals surface area contributed by atoms with Crippen LogP contribution in [0.3, 0.4) is 0 Å². The molecule has 0 amide bonds. The quantitative estimate of drug-likeness (QED) is 0.529. The summed E-state index contributed by atoms with van der Waals surface area (Å²) in [5.41, 5.74) is 0. The Hall–Kier alpha value is -1.31. The van der Waals surface area contributed by atoms with E-state index in [0.29, 0.717) is 0 Å². The van der Waals surface area contributed by atoms with Crippen molar-refractivity contribution in [3.05, 3.63) is 36.5 Å². The van der Waals surface area contributed by atoms with Crippen LogP contribution in [0.25, 0.3) is 0 Å². The highest BCUT2D eigenvalue weighted by Crippen LogP contribution is 2.06. The van der Waals surface area contributed by atoms with E-state index in [1.54, 1.807) is 12.2 Å². The molecule has 2 heteroatoms. The van der Waals surface area contributed by atoms with Crippen LogP contribution in [0, 0.1) is 5.92 Å². The molecule has 0 atom stereocenters. The Morgan fingerprint density at radius 1 is 1.18 bits per heavy atom. The highest BCUT2D eigenvalue weighted by atomic mass is 16.5. The number of hydrogen-bond donors (Lipinski definition) is 0. The summed E-state index contributed by atoms with van der Waals surface area (Å²) in [7, 11) is 1.39. The summed E-state index contributed by atoms with van der Waals surface area (Å²) < 4.78 is 4.58. The lowest BCUT2D eigenvalue weighted by atomic mass is 10.1. The topological polar surface area (TPSA) is 26.3 Å². The maximum absolute atomic E-state index is 11.0. The minimum absolute atomic E-state index is 0.221. The first-order chi connectivity index (χ1) is 5.34. The van der Waals surface area contributed by atoms with Gasteiger partial charge in [-0.05, 0) is 0 Å². The van der Waals surface area contributed by atoms with Crippen molar-refractivity contribution >= 4 is 5.97 Å². The summed E-state index contributed by atoms with van der Waals surface area (Å²) in [6.45, 7) is 0. The van der Waals surface area contributed by atoms with Crippen LogP contribution in [0.5, 0.6) is 0 Å². The van der Waals surface area contributed by atoms with E-state index in [0.717, 1.165) is 0 Å². The monoisotopic (exact) mass is 150 g/mol. The number of esters is 1. The van der Waals surface area contributed by atoms with Crippen molar-refractivity contribution in [2.45, 2.75) is 0 Å². The summed E-state index contributed by atoms with van der Waals surface area (Å²) in [4.78, 5) is 11.0. The third-order valence-corrected chi connectivity index (χ3v) is 1.44. The van der Waals surface area contributed by atoms with Gasteiger partial charge in [-0.15, -0.1) is 0 Å². The number of carbonyl (C=O) groups is 1. The molecule has 11 heavy (non-hydrogen) atoms. The third-order valence-electron chi connectivity index (χ3n) is 1.44. The van der Waals surface area contributed by atoms with Gasteiger partial charge in [-0.2, -0.15) is 0 Å². The minimum atomic E-state index is -0.227. The Balaban J connectivity index is 2.67. The predicted molar refractivity (Wildman–Crippen MR) is 42.9 cm³/mol. The second-order valence-electron chi connectivity index (χ2n) is 2.20. The molecule has 0 saturated carbocycles. The van der Waals surface area contributed by atoms with Crippen molar-refractivity contribution in [1.82, 2.24) is 0 Å². The molecule has 58 valence electrons. The number of allylic oxidation sites excluding steroid dienone is 4. The summed E-state index contributed by atoms with van der Waals surface area (Å²) in [5.74, 6) is -0.448. The zero-order valence-electron chi connectivity index (χ0n) is 6.36. The SMILES string of the molecule is COC(=O)C1C=CC=CC=C1. The van der Waals surface area contributed by atoms with E-state index in [1.165, 1.54) is 7.11 Å². The Labute approximate surface area is 65.9 Å². The number of rotatable bonds is 1. The maximum atomic E-state index is 11.0. The highest BCUT2D eigenvalue weighted by Gasteiger charge is 2.11. The summed E-state index contributed by atoms with van der Waals surface area (Å²) >= 11 is 0. The predicted octanol–water partition coefficient (Wildman–Crippen LogP) is 1.46. The number of ether oxygens (including phenoxy) is 1. The second-order valence-corrected chi connectivity index (χ2v) is 2.20. The van der Waals surface area contributed by atoms with E-state index in [9.17, 15) is 4.79 Å². The molecule has 2 nitrogen and oxygen atoms in total. The van der Waals surface area contributed by atoms with E-state index in [-0.39, 0.29) is 11.9 Å². The first-order valence-electron chi connectivity index (χ1n) is 3.44. The fourth-order valence-electron chi connectivity index (χ4n) is 0.853. The molecule has 0 aliphatic heterocycles. The van der Waals surface area contributed by atoms with Gasteiger partial charge < -0.3 is 4.74 Å². The first-order valence-corrected chi connectivity index (χ1v) is 3.44. The normalized spacial score (nSPS) is 16.5. The lowest BCUT2D eigenvalue weighted by Crippen LogP contribution is -2.10. The van der Waals surface area contributed by atoms with Gasteiger partial charge in [-0.25, -0.2) is 0 Å². The van der Waals surface area contributed by atoms with Crippen LogP contribution in [0.4, 0.5) is 0 Å². The molecule has 0 aromatic carbocycles. The standard InChI is InChI=1S/C9H10O2/c1-11-9(10)8-6-4-2-3-5-7-8/h2-8H,1H3. The Bertz CT molecular complexity index is 208. The van der Waals surface area contributed by atoms with E-state index in [4.69, 9.17) is 0 Å². The van der Waals surface area contributed by atoms with Crippen molar-refractivity contribution in [1.29, 1.82) is 0 Å². The van der Waals surface area contributed by atoms with Gasteiger partial charge in [0.1, 0.15) is 0 Å². The smallest absolute Gasteiger partial charge is 0.316 e. The van der Waals surface area contributed by atoms with Crippen molar-refractivity contribution in [3.63, 3.8) is 0 Å². The molecule has 0 heterocycles. The molecule has 0 spiro atoms. The van der Waals surface area contributed by atoms with E-state index >= 15 is 0 Å². The molecule has 0 radical (unpaired) electrons. The van der Waals surface area contributed by atoms with Gasteiger partial charge in [0.15, 0.2) is 0 Å². The van der Waals surface area contributed by atoms with Crippen LogP contribution < -0.4 is 0 Å². The van der Waals surface area contributed by atoms with Crippen LogP contribution in [-0.2, 0) is 9.53 Å². The van der Waals surface area contributed by atoms with Gasteiger partial charge in [0, 0.05) is 0 Å². The van der Waals surface area contributed by atoms with Gasteiger partial charge >= 0.3 is 5.97 Å². The largest absolute Gasteiger partial charge is 0.468 e. The van der Waals surface area contributed by atoms with Crippen molar-refractivity contribution < 1.29 is 9.53 Å². The number of hydrogen-bond acceptors (Lipinski definition) is 2. The lowest BCUT2D eigenvalue weighted by Gasteiger charge is -2.02.